The Morgan fingerprint density at radius 2 is 2.22 bits per heavy atom. The summed E-state index contributed by atoms with van der Waals surface area (Å²) in [6.45, 7) is 4.02. The molecule has 1 aromatic carbocycles. The summed E-state index contributed by atoms with van der Waals surface area (Å²) in [5.41, 5.74) is 3.62. The minimum Gasteiger partial charge on any atom is -0.494 e. The van der Waals surface area contributed by atoms with Crippen molar-refractivity contribution in [1.29, 1.82) is 0 Å². The fourth-order valence-corrected chi connectivity index (χ4v) is 2.62. The summed E-state index contributed by atoms with van der Waals surface area (Å²) in [6.07, 6.45) is 0. The Labute approximate surface area is 110 Å². The van der Waals surface area contributed by atoms with Crippen molar-refractivity contribution in [2.45, 2.75) is 19.9 Å². The molecule has 1 N–H and O–H groups in total. The Morgan fingerprint density at radius 1 is 1.44 bits per heavy atom. The van der Waals surface area contributed by atoms with Gasteiger partial charge in [0.05, 0.1) is 30.0 Å². The summed E-state index contributed by atoms with van der Waals surface area (Å²) in [4.78, 5) is 5.39. The van der Waals surface area contributed by atoms with Crippen molar-refractivity contribution in [2.75, 3.05) is 12.4 Å². The van der Waals surface area contributed by atoms with E-state index in [0.717, 1.165) is 11.4 Å². The topological polar surface area (TPSA) is 34.1 Å². The molecular weight excluding hydrogens is 251 g/mol. The van der Waals surface area contributed by atoms with Crippen molar-refractivity contribution < 1.29 is 9.13 Å². The van der Waals surface area contributed by atoms with Crippen LogP contribution in [0.1, 0.15) is 23.5 Å². The lowest BCUT2D eigenvalue weighted by Crippen LogP contribution is -2.07. The fraction of sp³-hybridized carbons (Fsp3) is 0.308. The monoisotopic (exact) mass is 266 g/mol. The van der Waals surface area contributed by atoms with E-state index in [1.54, 1.807) is 17.4 Å². The number of thiazole rings is 1. The molecule has 2 aromatic rings. The molecule has 1 heterocycles. The lowest BCUT2D eigenvalue weighted by atomic mass is 10.2. The molecule has 1 atom stereocenters. The van der Waals surface area contributed by atoms with Crippen molar-refractivity contribution >= 4 is 17.0 Å². The van der Waals surface area contributed by atoms with Crippen LogP contribution >= 0.6 is 11.3 Å². The number of benzene rings is 1. The van der Waals surface area contributed by atoms with E-state index in [-0.39, 0.29) is 11.9 Å². The molecule has 2 rings (SSSR count). The second-order valence-corrected chi connectivity index (χ2v) is 4.90. The van der Waals surface area contributed by atoms with Gasteiger partial charge in [-0.2, -0.15) is 0 Å². The first-order valence-corrected chi connectivity index (χ1v) is 6.50. The second-order valence-electron chi connectivity index (χ2n) is 4.01. The third-order valence-corrected chi connectivity index (χ3v) is 3.83. The maximum absolute atomic E-state index is 13.1. The standard InChI is InChI=1S/C13H15FN2OS/c1-8-13(18-7-15-8)9(2)16-11-5-4-10(14)6-12(11)17-3/h4-7,9,16H,1-3H3. The lowest BCUT2D eigenvalue weighted by molar-refractivity contribution is 0.412. The maximum atomic E-state index is 13.1. The molecule has 0 saturated carbocycles. The summed E-state index contributed by atoms with van der Waals surface area (Å²) in [5.74, 6) is 0.197. The number of aromatic nitrogens is 1. The average molecular weight is 266 g/mol. The largest absolute Gasteiger partial charge is 0.494 e. The van der Waals surface area contributed by atoms with Gasteiger partial charge in [0.2, 0.25) is 0 Å². The highest BCUT2D eigenvalue weighted by molar-refractivity contribution is 7.09. The summed E-state index contributed by atoms with van der Waals surface area (Å²) < 4.78 is 18.3. The Hall–Kier alpha value is -1.62. The van der Waals surface area contributed by atoms with Crippen molar-refractivity contribution in [3.63, 3.8) is 0 Å². The number of hydrogen-bond acceptors (Lipinski definition) is 4. The zero-order chi connectivity index (χ0) is 13.1. The minimum absolute atomic E-state index is 0.108. The smallest absolute Gasteiger partial charge is 0.144 e. The molecule has 0 fully saturated rings. The van der Waals surface area contributed by atoms with E-state index in [0.29, 0.717) is 5.75 Å². The molecule has 3 nitrogen and oxygen atoms in total. The first kappa shape index (κ1) is 12.8. The lowest BCUT2D eigenvalue weighted by Gasteiger charge is -2.16. The van der Waals surface area contributed by atoms with Crippen LogP contribution in [0.4, 0.5) is 10.1 Å². The normalized spacial score (nSPS) is 12.2. The SMILES string of the molecule is COc1cc(F)ccc1NC(C)c1scnc1C. The predicted octanol–water partition coefficient (Wildman–Crippen LogP) is 3.77. The van der Waals surface area contributed by atoms with Crippen molar-refractivity contribution in [3.8, 4) is 5.75 Å². The van der Waals surface area contributed by atoms with Gasteiger partial charge in [-0.05, 0) is 26.0 Å². The quantitative estimate of drug-likeness (QED) is 0.914. The Morgan fingerprint density at radius 3 is 2.83 bits per heavy atom. The summed E-state index contributed by atoms with van der Waals surface area (Å²) in [6, 6.07) is 4.57. The van der Waals surface area contributed by atoms with Gasteiger partial charge in [-0.15, -0.1) is 11.3 Å². The van der Waals surface area contributed by atoms with Crippen LogP contribution in [0, 0.1) is 12.7 Å². The van der Waals surface area contributed by atoms with Crippen LogP contribution in [0.15, 0.2) is 23.7 Å². The highest BCUT2D eigenvalue weighted by Gasteiger charge is 2.13. The van der Waals surface area contributed by atoms with Crippen LogP contribution in [0.5, 0.6) is 5.75 Å². The van der Waals surface area contributed by atoms with Crippen molar-refractivity contribution in [3.05, 3.63) is 40.1 Å². The van der Waals surface area contributed by atoms with E-state index in [4.69, 9.17) is 4.74 Å². The highest BCUT2D eigenvalue weighted by Crippen LogP contribution is 2.30. The maximum Gasteiger partial charge on any atom is 0.144 e. The van der Waals surface area contributed by atoms with Crippen LogP contribution < -0.4 is 10.1 Å². The molecule has 0 spiro atoms. The molecule has 1 unspecified atom stereocenters. The van der Waals surface area contributed by atoms with Crippen molar-refractivity contribution in [2.24, 2.45) is 0 Å². The summed E-state index contributed by atoms with van der Waals surface area (Å²) in [7, 11) is 1.53. The fourth-order valence-electron chi connectivity index (χ4n) is 1.81. The van der Waals surface area contributed by atoms with Gasteiger partial charge in [-0.3, -0.25) is 0 Å². The third-order valence-electron chi connectivity index (χ3n) is 2.71. The molecule has 0 aliphatic heterocycles. The van der Waals surface area contributed by atoms with E-state index in [2.05, 4.69) is 10.3 Å². The Kier molecular flexibility index (Phi) is 3.81. The molecule has 0 radical (unpaired) electrons. The van der Waals surface area contributed by atoms with E-state index < -0.39 is 0 Å². The number of aryl methyl sites for hydroxylation is 1. The molecule has 0 aliphatic carbocycles. The van der Waals surface area contributed by atoms with E-state index in [1.807, 2.05) is 19.4 Å². The zero-order valence-corrected chi connectivity index (χ0v) is 11.3. The molecule has 0 amide bonds. The summed E-state index contributed by atoms with van der Waals surface area (Å²) in [5, 5.41) is 3.31. The number of hydrogen-bond donors (Lipinski definition) is 1. The number of rotatable bonds is 4. The van der Waals surface area contributed by atoms with Crippen LogP contribution in [-0.2, 0) is 0 Å². The molecule has 5 heteroatoms. The van der Waals surface area contributed by atoms with Gasteiger partial charge in [-0.1, -0.05) is 0 Å². The van der Waals surface area contributed by atoms with E-state index in [9.17, 15) is 4.39 Å². The van der Waals surface area contributed by atoms with E-state index in [1.165, 1.54) is 24.1 Å². The average Bonchev–Trinajstić information content (AvgIpc) is 2.77. The van der Waals surface area contributed by atoms with Crippen LogP contribution in [-0.4, -0.2) is 12.1 Å². The number of nitrogens with zero attached hydrogens (tertiary/aromatic N) is 1. The van der Waals surface area contributed by atoms with Gasteiger partial charge >= 0.3 is 0 Å². The number of methoxy groups -OCH3 is 1. The molecule has 18 heavy (non-hydrogen) atoms. The van der Waals surface area contributed by atoms with Crippen molar-refractivity contribution in [1.82, 2.24) is 4.98 Å². The van der Waals surface area contributed by atoms with Gasteiger partial charge in [0, 0.05) is 10.9 Å². The van der Waals surface area contributed by atoms with Gasteiger partial charge in [0.1, 0.15) is 11.6 Å². The molecule has 96 valence electrons. The minimum atomic E-state index is -0.306. The summed E-state index contributed by atoms with van der Waals surface area (Å²) >= 11 is 1.60. The van der Waals surface area contributed by atoms with Crippen LogP contribution in [0.25, 0.3) is 0 Å². The molecule has 0 bridgehead atoms. The molecule has 0 aliphatic rings. The van der Waals surface area contributed by atoms with E-state index >= 15 is 0 Å². The van der Waals surface area contributed by atoms with Gasteiger partial charge in [-0.25, -0.2) is 9.37 Å². The first-order chi connectivity index (χ1) is 8.61. The Balaban J connectivity index is 2.21. The van der Waals surface area contributed by atoms with Gasteiger partial charge in [0.15, 0.2) is 0 Å². The first-order valence-electron chi connectivity index (χ1n) is 5.62. The number of ether oxygens (including phenoxy) is 1. The number of nitrogens with one attached hydrogen (secondary N) is 1. The Bertz CT molecular complexity index is 542. The second kappa shape index (κ2) is 5.35. The molecular formula is C13H15FN2OS. The number of anilines is 1. The third kappa shape index (κ3) is 2.61. The van der Waals surface area contributed by atoms with Crippen LogP contribution in [0.3, 0.4) is 0 Å². The predicted molar refractivity (Wildman–Crippen MR) is 71.8 cm³/mol. The molecule has 1 aromatic heterocycles. The van der Waals surface area contributed by atoms with Gasteiger partial charge < -0.3 is 10.1 Å². The van der Waals surface area contributed by atoms with Crippen LogP contribution in [0.2, 0.25) is 0 Å². The highest BCUT2D eigenvalue weighted by atomic mass is 32.1. The zero-order valence-electron chi connectivity index (χ0n) is 10.5. The number of halogens is 1. The van der Waals surface area contributed by atoms with Gasteiger partial charge in [0.25, 0.3) is 0 Å². The molecule has 0 saturated heterocycles.